The van der Waals surface area contributed by atoms with E-state index < -0.39 is 0 Å². The van der Waals surface area contributed by atoms with Gasteiger partial charge in [0.2, 0.25) is 0 Å². The third kappa shape index (κ3) is 2.50. The Balaban J connectivity index is 1.93. The van der Waals surface area contributed by atoms with Gasteiger partial charge < -0.3 is 5.11 Å². The van der Waals surface area contributed by atoms with Gasteiger partial charge in [-0.05, 0) is 19.4 Å². The molecule has 0 atom stereocenters. The second-order valence-electron chi connectivity index (χ2n) is 2.66. The highest BCUT2D eigenvalue weighted by molar-refractivity contribution is 4.94. The van der Waals surface area contributed by atoms with Crippen LogP contribution in [-0.4, -0.2) is 36.2 Å². The fourth-order valence-corrected chi connectivity index (χ4v) is 1.15. The van der Waals surface area contributed by atoms with Crippen LogP contribution in [0.5, 0.6) is 0 Å². The van der Waals surface area contributed by atoms with Gasteiger partial charge in [-0.15, -0.1) is 0 Å². The first-order chi connectivity index (χ1) is 4.93. The molecule has 0 aliphatic carbocycles. The van der Waals surface area contributed by atoms with Crippen LogP contribution >= 0.6 is 0 Å². The summed E-state index contributed by atoms with van der Waals surface area (Å²) in [7, 11) is 0. The predicted molar refractivity (Wildman–Crippen MR) is 41.9 cm³/mol. The number of unbranched alkanes of at least 4 members (excludes halogenated alkanes) is 1. The predicted octanol–water partition coefficient (Wildman–Crippen LogP) is 0.631. The van der Waals surface area contributed by atoms with Gasteiger partial charge >= 0.3 is 0 Å². The van der Waals surface area contributed by atoms with Crippen LogP contribution in [0.1, 0.15) is 12.8 Å². The van der Waals surface area contributed by atoms with Gasteiger partial charge in [-0.2, -0.15) is 0 Å². The van der Waals surface area contributed by atoms with Crippen molar-refractivity contribution in [2.75, 3.05) is 26.2 Å². The Morgan fingerprint density at radius 2 is 1.90 bits per heavy atom. The van der Waals surface area contributed by atoms with Crippen LogP contribution in [0.2, 0.25) is 0 Å². The molecule has 0 saturated carbocycles. The maximum absolute atomic E-state index is 8.51. The van der Waals surface area contributed by atoms with E-state index in [2.05, 4.69) is 17.1 Å². The summed E-state index contributed by atoms with van der Waals surface area (Å²) >= 11 is 0. The lowest BCUT2D eigenvalue weighted by Gasteiger charge is -2.13. The van der Waals surface area contributed by atoms with E-state index in [0.29, 0.717) is 6.61 Å². The van der Waals surface area contributed by atoms with Gasteiger partial charge in [0.05, 0.1) is 0 Å². The van der Waals surface area contributed by atoms with E-state index in [1.165, 1.54) is 0 Å². The summed E-state index contributed by atoms with van der Waals surface area (Å²) < 4.78 is 0. The van der Waals surface area contributed by atoms with Crippen LogP contribution in [0, 0.1) is 0 Å². The van der Waals surface area contributed by atoms with Crippen molar-refractivity contribution in [1.29, 1.82) is 0 Å². The third-order valence-corrected chi connectivity index (χ3v) is 1.78. The summed E-state index contributed by atoms with van der Waals surface area (Å²) in [5, 5.41) is 8.51. The summed E-state index contributed by atoms with van der Waals surface area (Å²) in [5.41, 5.74) is 0. The number of nitrogens with zero attached hydrogens (tertiary/aromatic N) is 1. The zero-order valence-corrected chi connectivity index (χ0v) is 6.29. The van der Waals surface area contributed by atoms with Crippen LogP contribution in [0.3, 0.4) is 0 Å². The lowest BCUT2D eigenvalue weighted by atomic mass is 10.3. The van der Waals surface area contributed by atoms with E-state index in [1.807, 2.05) is 0 Å². The molecule has 1 N–H and O–H groups in total. The molecule has 1 aliphatic heterocycles. The quantitative estimate of drug-likeness (QED) is 0.458. The number of hydrogen-bond donors (Lipinski definition) is 1. The molecular formula is C8H15NO. The van der Waals surface area contributed by atoms with E-state index in [9.17, 15) is 0 Å². The molecule has 0 amide bonds. The Morgan fingerprint density at radius 1 is 1.20 bits per heavy atom. The standard InChI is InChI=1S/C8H15NO/c10-8-4-3-7-9-5-1-2-6-9/h1-2,10H,3-8H2. The van der Waals surface area contributed by atoms with Crippen LogP contribution in [0.25, 0.3) is 0 Å². The van der Waals surface area contributed by atoms with Crippen molar-refractivity contribution in [2.45, 2.75) is 12.8 Å². The molecule has 0 aromatic carbocycles. The summed E-state index contributed by atoms with van der Waals surface area (Å²) in [4.78, 5) is 2.37. The van der Waals surface area contributed by atoms with E-state index in [1.54, 1.807) is 0 Å². The first kappa shape index (κ1) is 7.76. The monoisotopic (exact) mass is 141 g/mol. The molecule has 0 bridgehead atoms. The van der Waals surface area contributed by atoms with Gasteiger partial charge in [0, 0.05) is 19.7 Å². The SMILES string of the molecule is OCCCCN1CC=CC1. The molecule has 0 aromatic rings. The summed E-state index contributed by atoms with van der Waals surface area (Å²) in [6, 6.07) is 0. The summed E-state index contributed by atoms with van der Waals surface area (Å²) in [5.74, 6) is 0. The third-order valence-electron chi connectivity index (χ3n) is 1.78. The molecule has 2 nitrogen and oxygen atoms in total. The van der Waals surface area contributed by atoms with Crippen LogP contribution in [-0.2, 0) is 0 Å². The zero-order chi connectivity index (χ0) is 7.23. The average molecular weight is 141 g/mol. The fraction of sp³-hybridized carbons (Fsp3) is 0.750. The molecule has 1 rings (SSSR count). The maximum Gasteiger partial charge on any atom is 0.0431 e. The van der Waals surface area contributed by atoms with Crippen molar-refractivity contribution >= 4 is 0 Å². The van der Waals surface area contributed by atoms with E-state index >= 15 is 0 Å². The largest absolute Gasteiger partial charge is 0.396 e. The zero-order valence-electron chi connectivity index (χ0n) is 6.29. The lowest BCUT2D eigenvalue weighted by Crippen LogP contribution is -2.21. The molecule has 0 spiro atoms. The average Bonchev–Trinajstić information content (AvgIpc) is 2.41. The minimum absolute atomic E-state index is 0.335. The Bertz CT molecular complexity index is 104. The van der Waals surface area contributed by atoms with Crippen molar-refractivity contribution in [3.8, 4) is 0 Å². The number of aliphatic hydroxyl groups excluding tert-OH is 1. The van der Waals surface area contributed by atoms with Crippen molar-refractivity contribution < 1.29 is 5.11 Å². The topological polar surface area (TPSA) is 23.5 Å². The van der Waals surface area contributed by atoms with Crippen molar-refractivity contribution in [2.24, 2.45) is 0 Å². The molecule has 0 fully saturated rings. The molecule has 0 unspecified atom stereocenters. The number of aliphatic hydroxyl groups is 1. The van der Waals surface area contributed by atoms with Gasteiger partial charge in [0.1, 0.15) is 0 Å². The van der Waals surface area contributed by atoms with Gasteiger partial charge in [-0.25, -0.2) is 0 Å². The second kappa shape index (κ2) is 4.47. The molecular weight excluding hydrogens is 126 g/mol. The Morgan fingerprint density at radius 3 is 2.50 bits per heavy atom. The van der Waals surface area contributed by atoms with Crippen LogP contribution in [0.4, 0.5) is 0 Å². The van der Waals surface area contributed by atoms with Gasteiger partial charge in [0.25, 0.3) is 0 Å². The summed E-state index contributed by atoms with van der Waals surface area (Å²) in [6.45, 7) is 3.67. The highest BCUT2D eigenvalue weighted by Crippen LogP contribution is 2.00. The highest BCUT2D eigenvalue weighted by Gasteiger charge is 2.03. The fourth-order valence-electron chi connectivity index (χ4n) is 1.15. The molecule has 0 radical (unpaired) electrons. The summed E-state index contributed by atoms with van der Waals surface area (Å²) in [6.07, 6.45) is 6.45. The number of hydrogen-bond acceptors (Lipinski definition) is 2. The molecule has 2 heteroatoms. The Labute approximate surface area is 62.2 Å². The van der Waals surface area contributed by atoms with Gasteiger partial charge in [-0.1, -0.05) is 12.2 Å². The van der Waals surface area contributed by atoms with Gasteiger partial charge in [0.15, 0.2) is 0 Å². The molecule has 0 saturated heterocycles. The molecule has 0 aromatic heterocycles. The second-order valence-corrected chi connectivity index (χ2v) is 2.66. The van der Waals surface area contributed by atoms with Crippen molar-refractivity contribution in [3.63, 3.8) is 0 Å². The Kier molecular flexibility index (Phi) is 3.47. The van der Waals surface area contributed by atoms with Crippen LogP contribution in [0.15, 0.2) is 12.2 Å². The van der Waals surface area contributed by atoms with Crippen molar-refractivity contribution in [3.05, 3.63) is 12.2 Å². The highest BCUT2D eigenvalue weighted by atomic mass is 16.2. The lowest BCUT2D eigenvalue weighted by molar-refractivity contribution is 0.266. The minimum Gasteiger partial charge on any atom is -0.396 e. The Hall–Kier alpha value is -0.340. The van der Waals surface area contributed by atoms with Crippen LogP contribution < -0.4 is 0 Å². The normalized spacial score (nSPS) is 18.5. The van der Waals surface area contributed by atoms with Gasteiger partial charge in [-0.3, -0.25) is 4.90 Å². The molecule has 10 heavy (non-hydrogen) atoms. The van der Waals surface area contributed by atoms with E-state index in [-0.39, 0.29) is 0 Å². The maximum atomic E-state index is 8.51. The number of rotatable bonds is 4. The molecule has 58 valence electrons. The van der Waals surface area contributed by atoms with E-state index in [0.717, 1.165) is 32.5 Å². The van der Waals surface area contributed by atoms with E-state index in [4.69, 9.17) is 5.11 Å². The smallest absolute Gasteiger partial charge is 0.0431 e. The minimum atomic E-state index is 0.335. The molecule has 1 heterocycles. The first-order valence-electron chi connectivity index (χ1n) is 3.91. The molecule has 1 aliphatic rings. The van der Waals surface area contributed by atoms with Crippen molar-refractivity contribution in [1.82, 2.24) is 4.90 Å². The first-order valence-corrected chi connectivity index (χ1v) is 3.91.